The zero-order valence-electron chi connectivity index (χ0n) is 15.8. The molecule has 1 N–H and O–H groups in total. The second kappa shape index (κ2) is 11.5. The molecule has 0 aliphatic rings. The van der Waals surface area contributed by atoms with Crippen LogP contribution in [-0.4, -0.2) is 10.1 Å². The molecule has 0 amide bonds. The number of aromatic nitrogens is 1. The van der Waals surface area contributed by atoms with Crippen molar-refractivity contribution >= 4 is 18.6 Å². The maximum absolute atomic E-state index is 9.52. The van der Waals surface area contributed by atoms with Crippen LogP contribution in [0.25, 0.3) is 11.3 Å². The standard InChI is InChI=1S/C11H9NO.C10H15.2ClH.Ti/c13-11-7-2-1-5-9(11)10-6-3-4-8-12-10;1-6-7(2)9(4)10(5)8(6)3;;;/h1-8,13H;1-5H3;2*1H;/q;-1;;;+2/p-2. The van der Waals surface area contributed by atoms with Crippen LogP contribution in [0.2, 0.25) is 0 Å². The Labute approximate surface area is 173 Å². The van der Waals surface area contributed by atoms with Crippen LogP contribution in [-0.2, 0) is 17.0 Å². The SMILES string of the molecule is Cc1c(C)c(C)[c-](C)c1C.Oc1ccccc1-c1ccccn1.[Cl][Ti][Cl]. The Morgan fingerprint density at radius 3 is 1.77 bits per heavy atom. The van der Waals surface area contributed by atoms with Gasteiger partial charge in [-0.05, 0) is 24.3 Å². The first-order valence-corrected chi connectivity index (χ1v) is 12.5. The number of pyridine rings is 1. The third-order valence-electron chi connectivity index (χ3n) is 4.66. The van der Waals surface area contributed by atoms with Gasteiger partial charge in [0.25, 0.3) is 0 Å². The number of halogens is 2. The summed E-state index contributed by atoms with van der Waals surface area (Å²) >= 11 is -0.556. The molecule has 0 aliphatic carbocycles. The number of benzene rings is 1. The number of phenolic OH excluding ortho intramolecular Hbond substituents is 1. The monoisotopic (exact) mass is 424 g/mol. The summed E-state index contributed by atoms with van der Waals surface area (Å²) < 4.78 is 0. The Balaban J connectivity index is 0.000000233. The average molecular weight is 425 g/mol. The van der Waals surface area contributed by atoms with E-state index in [2.05, 4.69) is 39.6 Å². The fourth-order valence-electron chi connectivity index (χ4n) is 2.62. The average Bonchev–Trinajstić information content (AvgIpc) is 2.82. The Morgan fingerprint density at radius 1 is 0.885 bits per heavy atom. The van der Waals surface area contributed by atoms with E-state index in [0.29, 0.717) is 0 Å². The third-order valence-corrected chi connectivity index (χ3v) is 4.66. The summed E-state index contributed by atoms with van der Waals surface area (Å²) in [5, 5.41) is 9.52. The summed E-state index contributed by atoms with van der Waals surface area (Å²) in [6.45, 7) is 11.0. The maximum atomic E-state index is 9.52. The minimum absolute atomic E-state index is 0.265. The van der Waals surface area contributed by atoms with Crippen molar-refractivity contribution in [2.45, 2.75) is 34.6 Å². The van der Waals surface area contributed by atoms with Crippen molar-refractivity contribution in [1.82, 2.24) is 4.98 Å². The van der Waals surface area contributed by atoms with Crippen molar-refractivity contribution in [3.63, 3.8) is 0 Å². The molecule has 1 heterocycles. The first kappa shape index (κ1) is 22.9. The van der Waals surface area contributed by atoms with Gasteiger partial charge in [0.05, 0.1) is 5.69 Å². The number of phenols is 1. The van der Waals surface area contributed by atoms with E-state index in [9.17, 15) is 5.11 Å². The van der Waals surface area contributed by atoms with Crippen LogP contribution in [0.1, 0.15) is 27.8 Å². The van der Waals surface area contributed by atoms with Gasteiger partial charge in [-0.1, -0.05) is 52.8 Å². The molecule has 0 saturated heterocycles. The van der Waals surface area contributed by atoms with Gasteiger partial charge in [0.1, 0.15) is 5.75 Å². The van der Waals surface area contributed by atoms with Crippen LogP contribution in [0.15, 0.2) is 48.7 Å². The van der Waals surface area contributed by atoms with E-state index in [-0.39, 0.29) is 5.75 Å². The van der Waals surface area contributed by atoms with Gasteiger partial charge in [0.2, 0.25) is 0 Å². The van der Waals surface area contributed by atoms with E-state index in [1.165, 1.54) is 27.8 Å². The van der Waals surface area contributed by atoms with Crippen molar-refractivity contribution in [2.75, 3.05) is 0 Å². The molecule has 0 bridgehead atoms. The van der Waals surface area contributed by atoms with Crippen molar-refractivity contribution in [2.24, 2.45) is 0 Å². The summed E-state index contributed by atoms with van der Waals surface area (Å²) in [7, 11) is 9.78. The second-order valence-electron chi connectivity index (χ2n) is 5.93. The van der Waals surface area contributed by atoms with E-state index in [4.69, 9.17) is 18.6 Å². The number of nitrogens with zero attached hydrogens (tertiary/aromatic N) is 1. The van der Waals surface area contributed by atoms with Gasteiger partial charge >= 0.3 is 35.6 Å². The van der Waals surface area contributed by atoms with Crippen LogP contribution < -0.4 is 0 Å². The van der Waals surface area contributed by atoms with Gasteiger partial charge in [-0.15, -0.1) is 0 Å². The van der Waals surface area contributed by atoms with Gasteiger partial charge < -0.3 is 5.11 Å². The summed E-state index contributed by atoms with van der Waals surface area (Å²) in [5.74, 6) is 0.265. The molecule has 138 valence electrons. The van der Waals surface area contributed by atoms with Crippen LogP contribution in [0.3, 0.4) is 0 Å². The Hall–Kier alpha value is -1.19. The molecule has 3 aromatic rings. The molecule has 0 aliphatic heterocycles. The van der Waals surface area contributed by atoms with Crippen LogP contribution in [0.5, 0.6) is 5.75 Å². The van der Waals surface area contributed by atoms with Crippen molar-refractivity contribution in [3.05, 3.63) is 76.5 Å². The van der Waals surface area contributed by atoms with Crippen molar-refractivity contribution < 1.29 is 22.1 Å². The summed E-state index contributed by atoms with van der Waals surface area (Å²) in [6, 6.07) is 12.8. The van der Waals surface area contributed by atoms with Crippen LogP contribution >= 0.6 is 18.6 Å². The number of hydrogen-bond donors (Lipinski definition) is 1. The fraction of sp³-hybridized carbons (Fsp3) is 0.238. The summed E-state index contributed by atoms with van der Waals surface area (Å²) in [5.41, 5.74) is 8.90. The molecule has 0 radical (unpaired) electrons. The Kier molecular flexibility index (Phi) is 10.1. The summed E-state index contributed by atoms with van der Waals surface area (Å²) in [4.78, 5) is 4.15. The molecule has 3 rings (SSSR count). The normalized spacial score (nSPS) is 9.50. The van der Waals surface area contributed by atoms with Gasteiger partial charge in [-0.25, -0.2) is 0 Å². The molecular formula is C21H24Cl2NOTi-. The molecule has 0 atom stereocenters. The topological polar surface area (TPSA) is 33.1 Å². The number of hydrogen-bond acceptors (Lipinski definition) is 2. The van der Waals surface area contributed by atoms with E-state index in [1.807, 2.05) is 30.3 Å². The fourth-order valence-corrected chi connectivity index (χ4v) is 2.62. The van der Waals surface area contributed by atoms with Crippen molar-refractivity contribution in [3.8, 4) is 17.0 Å². The molecule has 2 nitrogen and oxygen atoms in total. The van der Waals surface area contributed by atoms with Crippen LogP contribution in [0, 0.1) is 34.6 Å². The Bertz CT molecular complexity index is 736. The first-order valence-electron chi connectivity index (χ1n) is 8.20. The summed E-state index contributed by atoms with van der Waals surface area (Å²) in [6.07, 6.45) is 1.71. The molecule has 0 unspecified atom stereocenters. The molecule has 0 spiro atoms. The molecule has 2 aromatic carbocycles. The zero-order chi connectivity index (χ0) is 19.7. The zero-order valence-corrected chi connectivity index (χ0v) is 18.8. The Morgan fingerprint density at radius 2 is 1.38 bits per heavy atom. The molecular weight excluding hydrogens is 401 g/mol. The predicted molar refractivity (Wildman–Crippen MR) is 109 cm³/mol. The van der Waals surface area contributed by atoms with Gasteiger partial charge in [0, 0.05) is 11.8 Å². The molecule has 1 aromatic heterocycles. The minimum atomic E-state index is -0.556. The number of rotatable bonds is 1. The number of para-hydroxylation sites is 1. The van der Waals surface area contributed by atoms with E-state index >= 15 is 0 Å². The molecule has 5 heteroatoms. The first-order chi connectivity index (χ1) is 12.3. The van der Waals surface area contributed by atoms with E-state index in [0.717, 1.165) is 11.3 Å². The molecule has 0 fully saturated rings. The second-order valence-corrected chi connectivity index (χ2v) is 8.51. The van der Waals surface area contributed by atoms with Gasteiger partial charge in [-0.3, -0.25) is 4.98 Å². The molecule has 26 heavy (non-hydrogen) atoms. The van der Waals surface area contributed by atoms with Crippen LogP contribution in [0.4, 0.5) is 0 Å². The van der Waals surface area contributed by atoms with E-state index < -0.39 is 17.0 Å². The van der Waals surface area contributed by atoms with Crippen molar-refractivity contribution in [1.29, 1.82) is 0 Å². The quantitative estimate of drug-likeness (QED) is 0.345. The predicted octanol–water partition coefficient (Wildman–Crippen LogP) is 6.78. The number of aromatic hydroxyl groups is 1. The van der Waals surface area contributed by atoms with Gasteiger partial charge in [-0.2, -0.15) is 27.8 Å². The van der Waals surface area contributed by atoms with Gasteiger partial charge in [0.15, 0.2) is 0 Å². The molecule has 0 saturated carbocycles. The van der Waals surface area contributed by atoms with E-state index in [1.54, 1.807) is 18.3 Å². The third kappa shape index (κ3) is 6.21.